The molecule has 0 spiro atoms. The summed E-state index contributed by atoms with van der Waals surface area (Å²) in [5.41, 5.74) is 2.25. The summed E-state index contributed by atoms with van der Waals surface area (Å²) in [5, 5.41) is 10.9. The van der Waals surface area contributed by atoms with Crippen molar-refractivity contribution < 1.29 is 44.6 Å². The van der Waals surface area contributed by atoms with E-state index in [1.165, 1.54) is 23.7 Å². The van der Waals surface area contributed by atoms with Crippen LogP contribution in [-0.4, -0.2) is 57.5 Å². The highest BCUT2D eigenvalue weighted by atomic mass is 32.2. The van der Waals surface area contributed by atoms with Gasteiger partial charge in [0.25, 0.3) is 0 Å². The minimum absolute atomic E-state index is 0.153. The number of nitrogens with zero attached hydrogens (tertiary/aromatic N) is 1. The first-order valence-corrected chi connectivity index (χ1v) is 19.3. The monoisotopic (exact) mass is 746 g/mol. The van der Waals surface area contributed by atoms with Crippen molar-refractivity contribution in [1.82, 2.24) is 9.03 Å². The lowest BCUT2D eigenvalue weighted by Crippen LogP contribution is -2.52. The number of halogens is 3. The molecule has 5 rings (SSSR count). The summed E-state index contributed by atoms with van der Waals surface area (Å²) in [6.07, 6.45) is -5.33. The molecule has 1 aliphatic rings. The van der Waals surface area contributed by atoms with E-state index < -0.39 is 48.9 Å². The SMILES string of the molecule is CC(C)c1ccc(-c2cccc(S(=O)(=O)N3CCCC(c4cccc(OC(C)(C)C(O)NS(=O)(=O)c5ccc(OC(F)(F)F)cc5)c4)C3)c2)cc1. The number of nitrogens with one attached hydrogen (secondary N) is 1. The van der Waals surface area contributed by atoms with Crippen molar-refractivity contribution in [3.63, 3.8) is 0 Å². The molecule has 1 fully saturated rings. The van der Waals surface area contributed by atoms with Gasteiger partial charge in [0.2, 0.25) is 20.0 Å². The number of aliphatic hydroxyl groups excluding tert-OH is 1. The minimum Gasteiger partial charge on any atom is -0.484 e. The van der Waals surface area contributed by atoms with Gasteiger partial charge in [0.05, 0.1) is 9.79 Å². The fraction of sp³-hybridized carbons (Fsp3) is 0.351. The summed E-state index contributed by atoms with van der Waals surface area (Å²) in [7, 11) is -8.18. The molecule has 1 aliphatic heterocycles. The van der Waals surface area contributed by atoms with Crippen molar-refractivity contribution in [3.05, 3.63) is 108 Å². The van der Waals surface area contributed by atoms with Gasteiger partial charge in [0.1, 0.15) is 17.1 Å². The van der Waals surface area contributed by atoms with E-state index in [1.54, 1.807) is 36.4 Å². The summed E-state index contributed by atoms with van der Waals surface area (Å²) in [4.78, 5) is -0.174. The summed E-state index contributed by atoms with van der Waals surface area (Å²) < 4.78 is 104. The van der Waals surface area contributed by atoms with Crippen LogP contribution < -0.4 is 14.2 Å². The Morgan fingerprint density at radius 3 is 2.12 bits per heavy atom. The predicted molar refractivity (Wildman–Crippen MR) is 187 cm³/mol. The maximum Gasteiger partial charge on any atom is 0.573 e. The Bertz CT molecular complexity index is 2040. The van der Waals surface area contributed by atoms with Crippen molar-refractivity contribution in [1.29, 1.82) is 0 Å². The fourth-order valence-electron chi connectivity index (χ4n) is 5.85. The van der Waals surface area contributed by atoms with E-state index in [-0.39, 0.29) is 17.4 Å². The number of benzene rings is 4. The van der Waals surface area contributed by atoms with E-state index >= 15 is 0 Å². The van der Waals surface area contributed by atoms with Crippen molar-refractivity contribution in [2.75, 3.05) is 13.1 Å². The van der Waals surface area contributed by atoms with E-state index in [0.717, 1.165) is 47.4 Å². The average Bonchev–Trinajstić information content (AvgIpc) is 3.07. The molecule has 4 aromatic carbocycles. The Balaban J connectivity index is 1.26. The quantitative estimate of drug-likeness (QED) is 0.145. The smallest absolute Gasteiger partial charge is 0.484 e. The molecule has 0 bridgehead atoms. The molecule has 0 saturated carbocycles. The third-order valence-corrected chi connectivity index (χ3v) is 12.1. The molecular formula is C37H41F3N2O7S2. The maximum absolute atomic E-state index is 13.9. The summed E-state index contributed by atoms with van der Waals surface area (Å²) in [5.74, 6) is -0.0434. The first-order chi connectivity index (χ1) is 23.8. The summed E-state index contributed by atoms with van der Waals surface area (Å²) in [6, 6.07) is 25.6. The molecule has 1 heterocycles. The third-order valence-electron chi connectivity index (χ3n) is 8.77. The van der Waals surface area contributed by atoms with Gasteiger partial charge in [-0.2, -0.15) is 9.03 Å². The van der Waals surface area contributed by atoms with Gasteiger partial charge in [-0.15, -0.1) is 13.2 Å². The van der Waals surface area contributed by atoms with Gasteiger partial charge in [-0.3, -0.25) is 0 Å². The molecule has 1 saturated heterocycles. The van der Waals surface area contributed by atoms with Crippen LogP contribution in [0.25, 0.3) is 11.1 Å². The van der Waals surface area contributed by atoms with Crippen LogP contribution in [0, 0.1) is 0 Å². The normalized spacial score (nSPS) is 16.9. The number of alkyl halides is 3. The maximum atomic E-state index is 13.9. The minimum atomic E-state index is -4.94. The second kappa shape index (κ2) is 15.0. The second-order valence-corrected chi connectivity index (χ2v) is 17.0. The first-order valence-electron chi connectivity index (χ1n) is 16.4. The van der Waals surface area contributed by atoms with E-state index in [9.17, 15) is 35.1 Å². The molecule has 274 valence electrons. The highest BCUT2D eigenvalue weighted by Gasteiger charge is 2.36. The van der Waals surface area contributed by atoms with Gasteiger partial charge in [0, 0.05) is 13.1 Å². The molecular weight excluding hydrogens is 706 g/mol. The van der Waals surface area contributed by atoms with Crippen LogP contribution >= 0.6 is 0 Å². The Labute approximate surface area is 297 Å². The Kier molecular flexibility index (Phi) is 11.2. The molecule has 51 heavy (non-hydrogen) atoms. The van der Waals surface area contributed by atoms with Crippen molar-refractivity contribution in [2.24, 2.45) is 0 Å². The topological polar surface area (TPSA) is 122 Å². The lowest BCUT2D eigenvalue weighted by Gasteiger charge is -2.34. The zero-order valence-corrected chi connectivity index (χ0v) is 30.2. The first kappa shape index (κ1) is 38.3. The number of ether oxygens (including phenoxy) is 2. The summed E-state index contributed by atoms with van der Waals surface area (Å²) >= 11 is 0. The molecule has 0 radical (unpaired) electrons. The van der Waals surface area contributed by atoms with E-state index in [2.05, 4.69) is 35.4 Å². The highest BCUT2D eigenvalue weighted by molar-refractivity contribution is 7.89. The van der Waals surface area contributed by atoms with Gasteiger partial charge in [0.15, 0.2) is 6.23 Å². The second-order valence-electron chi connectivity index (χ2n) is 13.3. The lowest BCUT2D eigenvalue weighted by atomic mass is 9.91. The largest absolute Gasteiger partial charge is 0.573 e. The van der Waals surface area contributed by atoms with E-state index in [4.69, 9.17) is 4.74 Å². The average molecular weight is 747 g/mol. The molecule has 0 aliphatic carbocycles. The van der Waals surface area contributed by atoms with Crippen molar-refractivity contribution in [3.8, 4) is 22.6 Å². The van der Waals surface area contributed by atoms with Gasteiger partial charge in [-0.05, 0) is 109 Å². The number of sulfonamides is 2. The van der Waals surface area contributed by atoms with Gasteiger partial charge in [-0.25, -0.2) is 16.8 Å². The molecule has 0 amide bonds. The van der Waals surface area contributed by atoms with E-state index in [1.807, 2.05) is 24.3 Å². The molecule has 2 unspecified atom stereocenters. The zero-order chi connectivity index (χ0) is 37.2. The standard InChI is InChI=1S/C37H41F3N2O7S2/c1-25(2)26-13-15-27(16-14-26)29-9-6-12-34(23-29)51(46,47)42-21-7-10-30(24-42)28-8-5-11-32(22-28)48-36(3,4)35(43)41-50(44,45)33-19-17-31(18-20-33)49-37(38,39)40/h5-6,8-9,11-20,22-23,25,30,35,41,43H,7,10,21,24H2,1-4H3. The molecule has 2 atom stereocenters. The predicted octanol–water partition coefficient (Wildman–Crippen LogP) is 7.40. The Morgan fingerprint density at radius 1 is 0.804 bits per heavy atom. The number of piperidine rings is 1. The van der Waals surface area contributed by atoms with Crippen LogP contribution in [0.5, 0.6) is 11.5 Å². The third kappa shape index (κ3) is 9.49. The number of hydrogen-bond donors (Lipinski definition) is 2. The Morgan fingerprint density at radius 2 is 1.47 bits per heavy atom. The van der Waals surface area contributed by atoms with Crippen LogP contribution in [0.1, 0.15) is 63.5 Å². The molecule has 9 nitrogen and oxygen atoms in total. The van der Waals surface area contributed by atoms with Gasteiger partial charge in [-0.1, -0.05) is 62.4 Å². The van der Waals surface area contributed by atoms with Crippen molar-refractivity contribution >= 4 is 20.0 Å². The molecule has 0 aromatic heterocycles. The van der Waals surface area contributed by atoms with Crippen LogP contribution in [0.4, 0.5) is 13.2 Å². The van der Waals surface area contributed by atoms with Gasteiger partial charge < -0.3 is 14.6 Å². The number of hydrogen-bond acceptors (Lipinski definition) is 7. The van der Waals surface area contributed by atoms with Crippen LogP contribution in [0.2, 0.25) is 0 Å². The Hall–Kier alpha value is -3.95. The molecule has 4 aromatic rings. The lowest BCUT2D eigenvalue weighted by molar-refractivity contribution is -0.274. The zero-order valence-electron chi connectivity index (χ0n) is 28.6. The number of rotatable bonds is 12. The summed E-state index contributed by atoms with van der Waals surface area (Å²) in [6.45, 7) is 7.79. The van der Waals surface area contributed by atoms with E-state index in [0.29, 0.717) is 24.6 Å². The molecule has 14 heteroatoms. The van der Waals surface area contributed by atoms with Crippen LogP contribution in [0.15, 0.2) is 107 Å². The highest BCUT2D eigenvalue weighted by Crippen LogP contribution is 2.34. The van der Waals surface area contributed by atoms with Gasteiger partial charge >= 0.3 is 6.36 Å². The van der Waals surface area contributed by atoms with Crippen LogP contribution in [0.3, 0.4) is 0 Å². The van der Waals surface area contributed by atoms with Crippen molar-refractivity contribution in [2.45, 2.75) is 80.4 Å². The molecule has 2 N–H and O–H groups in total. The fourth-order valence-corrected chi connectivity index (χ4v) is 8.63. The number of aliphatic hydroxyl groups is 1. The van der Waals surface area contributed by atoms with Crippen LogP contribution in [-0.2, 0) is 20.0 Å².